The molecule has 3 rings (SSSR count). The summed E-state index contributed by atoms with van der Waals surface area (Å²) in [5.41, 5.74) is 8.38. The van der Waals surface area contributed by atoms with Gasteiger partial charge in [0, 0.05) is 11.1 Å². The van der Waals surface area contributed by atoms with Crippen LogP contribution in [0.5, 0.6) is 0 Å². The van der Waals surface area contributed by atoms with Gasteiger partial charge in [-0.25, -0.2) is 4.98 Å². The Labute approximate surface area is 132 Å². The quantitative estimate of drug-likeness (QED) is 0.777. The molecule has 3 aromatic rings. The molecule has 2 N–H and O–H groups in total. The van der Waals surface area contributed by atoms with Crippen LogP contribution in [-0.4, -0.2) is 15.0 Å². The van der Waals surface area contributed by atoms with Crippen molar-refractivity contribution in [2.24, 2.45) is 0 Å². The van der Waals surface area contributed by atoms with E-state index >= 15 is 0 Å². The average molecular weight is 298 g/mol. The summed E-state index contributed by atoms with van der Waals surface area (Å²) in [7, 11) is 0. The minimum atomic E-state index is 0.110. The number of benzene rings is 2. The third kappa shape index (κ3) is 2.97. The molecule has 0 unspecified atom stereocenters. The lowest BCUT2D eigenvalue weighted by Crippen LogP contribution is -2.02. The van der Waals surface area contributed by atoms with Crippen molar-refractivity contribution >= 4 is 5.95 Å². The largest absolute Gasteiger partial charge is 0.368 e. The molecule has 0 saturated carbocycles. The van der Waals surface area contributed by atoms with Crippen molar-refractivity contribution in [2.45, 2.75) is 0 Å². The van der Waals surface area contributed by atoms with Gasteiger partial charge in [0.15, 0.2) is 11.6 Å². The summed E-state index contributed by atoms with van der Waals surface area (Å²) in [6.45, 7) is 0. The highest BCUT2D eigenvalue weighted by Crippen LogP contribution is 2.21. The van der Waals surface area contributed by atoms with E-state index in [0.717, 1.165) is 11.1 Å². The van der Waals surface area contributed by atoms with Crippen molar-refractivity contribution in [3.8, 4) is 34.9 Å². The average Bonchev–Trinajstić information content (AvgIpc) is 2.61. The number of hydrogen-bond acceptors (Lipinski definition) is 6. The highest BCUT2D eigenvalue weighted by molar-refractivity contribution is 5.63. The Hall–Kier alpha value is -3.77. The van der Waals surface area contributed by atoms with E-state index in [9.17, 15) is 0 Å². The van der Waals surface area contributed by atoms with Gasteiger partial charge in [0.1, 0.15) is 0 Å². The molecule has 0 saturated heterocycles. The molecule has 0 aliphatic carbocycles. The van der Waals surface area contributed by atoms with E-state index in [0.29, 0.717) is 22.8 Å². The first-order valence-electron chi connectivity index (χ1n) is 6.72. The second-order valence-electron chi connectivity index (χ2n) is 4.72. The Bertz CT molecular complexity index is 855. The van der Waals surface area contributed by atoms with Gasteiger partial charge in [-0.2, -0.15) is 20.5 Å². The Morgan fingerprint density at radius 2 is 1.04 bits per heavy atom. The Morgan fingerprint density at radius 1 is 0.652 bits per heavy atom. The van der Waals surface area contributed by atoms with E-state index < -0.39 is 0 Å². The zero-order valence-electron chi connectivity index (χ0n) is 11.9. The van der Waals surface area contributed by atoms with Crippen LogP contribution in [0.15, 0.2) is 48.5 Å². The summed E-state index contributed by atoms with van der Waals surface area (Å²) in [4.78, 5) is 12.7. The summed E-state index contributed by atoms with van der Waals surface area (Å²) in [6.07, 6.45) is 0. The predicted molar refractivity (Wildman–Crippen MR) is 84.5 cm³/mol. The molecule has 0 amide bonds. The molecule has 2 aromatic carbocycles. The molecule has 0 atom stereocenters. The highest BCUT2D eigenvalue weighted by atomic mass is 15.1. The summed E-state index contributed by atoms with van der Waals surface area (Å²) in [5.74, 6) is 0.974. The van der Waals surface area contributed by atoms with E-state index in [2.05, 4.69) is 27.1 Å². The van der Waals surface area contributed by atoms with E-state index in [1.54, 1.807) is 48.5 Å². The van der Waals surface area contributed by atoms with Crippen LogP contribution < -0.4 is 5.73 Å². The minimum absolute atomic E-state index is 0.110. The van der Waals surface area contributed by atoms with Gasteiger partial charge in [-0.15, -0.1) is 0 Å². The van der Waals surface area contributed by atoms with Gasteiger partial charge in [-0.3, -0.25) is 0 Å². The lowest BCUT2D eigenvalue weighted by molar-refractivity contribution is 1.08. The second kappa shape index (κ2) is 5.92. The fourth-order valence-electron chi connectivity index (χ4n) is 2.04. The van der Waals surface area contributed by atoms with Crippen molar-refractivity contribution in [3.63, 3.8) is 0 Å². The first-order valence-corrected chi connectivity index (χ1v) is 6.72. The molecule has 108 valence electrons. The Morgan fingerprint density at radius 3 is 1.39 bits per heavy atom. The zero-order chi connectivity index (χ0) is 16.2. The van der Waals surface area contributed by atoms with Gasteiger partial charge in [0.25, 0.3) is 0 Å². The molecule has 0 fully saturated rings. The maximum absolute atomic E-state index is 8.84. The number of nitrogens with zero attached hydrogens (tertiary/aromatic N) is 5. The van der Waals surface area contributed by atoms with Crippen LogP contribution in [0.4, 0.5) is 5.95 Å². The molecule has 0 aliphatic rings. The van der Waals surface area contributed by atoms with Gasteiger partial charge in [-0.1, -0.05) is 0 Å². The molecular formula is C17H10N6. The van der Waals surface area contributed by atoms with Crippen LogP contribution in [0.25, 0.3) is 22.8 Å². The SMILES string of the molecule is N#Cc1ccc(-c2nc(N)nc(-c3ccc(C#N)cc3)n2)cc1. The number of anilines is 1. The van der Waals surface area contributed by atoms with E-state index in [-0.39, 0.29) is 5.95 Å². The van der Waals surface area contributed by atoms with Gasteiger partial charge >= 0.3 is 0 Å². The number of nitrogens with two attached hydrogens (primary N) is 1. The topological polar surface area (TPSA) is 112 Å². The van der Waals surface area contributed by atoms with Crippen molar-refractivity contribution in [1.82, 2.24) is 15.0 Å². The molecule has 0 spiro atoms. The van der Waals surface area contributed by atoms with Crippen LogP contribution in [0, 0.1) is 22.7 Å². The van der Waals surface area contributed by atoms with Crippen LogP contribution in [0.2, 0.25) is 0 Å². The fourth-order valence-corrected chi connectivity index (χ4v) is 2.04. The number of aromatic nitrogens is 3. The number of nitrogen functional groups attached to an aromatic ring is 1. The highest BCUT2D eigenvalue weighted by Gasteiger charge is 2.09. The van der Waals surface area contributed by atoms with Crippen LogP contribution in [0.3, 0.4) is 0 Å². The lowest BCUT2D eigenvalue weighted by Gasteiger charge is -2.05. The lowest BCUT2D eigenvalue weighted by atomic mass is 10.1. The fraction of sp³-hybridized carbons (Fsp3) is 0. The smallest absolute Gasteiger partial charge is 0.224 e. The minimum Gasteiger partial charge on any atom is -0.368 e. The van der Waals surface area contributed by atoms with Crippen LogP contribution in [-0.2, 0) is 0 Å². The monoisotopic (exact) mass is 298 g/mol. The molecule has 0 radical (unpaired) electrons. The molecule has 6 nitrogen and oxygen atoms in total. The molecular weight excluding hydrogens is 288 g/mol. The van der Waals surface area contributed by atoms with Crippen molar-refractivity contribution < 1.29 is 0 Å². The Kier molecular flexibility index (Phi) is 3.65. The number of hydrogen-bond donors (Lipinski definition) is 1. The summed E-state index contributed by atoms with van der Waals surface area (Å²) in [6, 6.07) is 17.9. The maximum atomic E-state index is 8.84. The van der Waals surface area contributed by atoms with Crippen LogP contribution in [0.1, 0.15) is 11.1 Å². The standard InChI is InChI=1S/C17H10N6/c18-9-11-1-5-13(6-2-11)15-21-16(23-17(20)22-15)14-7-3-12(10-19)4-8-14/h1-8H,(H2,20,21,22,23). The zero-order valence-corrected chi connectivity index (χ0v) is 11.9. The predicted octanol–water partition coefficient (Wildman–Crippen LogP) is 2.53. The normalized spacial score (nSPS) is 9.83. The molecule has 0 bridgehead atoms. The molecule has 1 heterocycles. The van der Waals surface area contributed by atoms with Gasteiger partial charge in [0.05, 0.1) is 23.3 Å². The summed E-state index contributed by atoms with van der Waals surface area (Å²) in [5, 5.41) is 17.7. The third-order valence-corrected chi connectivity index (χ3v) is 3.20. The molecule has 23 heavy (non-hydrogen) atoms. The Balaban J connectivity index is 2.04. The number of nitriles is 2. The van der Waals surface area contributed by atoms with Gasteiger partial charge in [-0.05, 0) is 48.5 Å². The second-order valence-corrected chi connectivity index (χ2v) is 4.72. The summed E-state index contributed by atoms with van der Waals surface area (Å²) >= 11 is 0. The van der Waals surface area contributed by atoms with Crippen LogP contribution >= 0.6 is 0 Å². The van der Waals surface area contributed by atoms with Crippen molar-refractivity contribution in [2.75, 3.05) is 5.73 Å². The summed E-state index contributed by atoms with van der Waals surface area (Å²) < 4.78 is 0. The van der Waals surface area contributed by atoms with Gasteiger partial charge in [0.2, 0.25) is 5.95 Å². The number of rotatable bonds is 2. The van der Waals surface area contributed by atoms with E-state index in [1.807, 2.05) is 0 Å². The molecule has 0 aliphatic heterocycles. The van der Waals surface area contributed by atoms with Crippen molar-refractivity contribution in [3.05, 3.63) is 59.7 Å². The first-order chi connectivity index (χ1) is 11.2. The molecule has 1 aromatic heterocycles. The third-order valence-electron chi connectivity index (χ3n) is 3.20. The molecule has 6 heteroatoms. The van der Waals surface area contributed by atoms with E-state index in [4.69, 9.17) is 16.3 Å². The van der Waals surface area contributed by atoms with E-state index in [1.165, 1.54) is 0 Å². The van der Waals surface area contributed by atoms with Crippen molar-refractivity contribution in [1.29, 1.82) is 10.5 Å². The maximum Gasteiger partial charge on any atom is 0.224 e. The van der Waals surface area contributed by atoms with Gasteiger partial charge < -0.3 is 5.73 Å². The first kappa shape index (κ1) is 14.2.